The predicted octanol–water partition coefficient (Wildman–Crippen LogP) is 2.32. The summed E-state index contributed by atoms with van der Waals surface area (Å²) in [6.07, 6.45) is 0. The highest BCUT2D eigenvalue weighted by molar-refractivity contribution is 7.80. The van der Waals surface area contributed by atoms with Crippen molar-refractivity contribution in [1.29, 1.82) is 0 Å². The zero-order valence-electron chi connectivity index (χ0n) is 10.8. The van der Waals surface area contributed by atoms with E-state index in [1.807, 2.05) is 42.5 Å². The summed E-state index contributed by atoms with van der Waals surface area (Å²) < 4.78 is 1.39. The fourth-order valence-electron chi connectivity index (χ4n) is 2.46. The normalized spacial score (nSPS) is 12.9. The van der Waals surface area contributed by atoms with Crippen LogP contribution in [0.15, 0.2) is 53.3 Å². The van der Waals surface area contributed by atoms with Crippen LogP contribution in [-0.2, 0) is 0 Å². The zero-order valence-corrected chi connectivity index (χ0v) is 11.6. The van der Waals surface area contributed by atoms with E-state index < -0.39 is 0 Å². The minimum Gasteiger partial charge on any atom is -0.331 e. The van der Waals surface area contributed by atoms with Gasteiger partial charge < -0.3 is 5.32 Å². The molecule has 102 valence electrons. The van der Waals surface area contributed by atoms with Crippen molar-refractivity contribution in [3.63, 3.8) is 0 Å². The maximum absolute atomic E-state index is 12.7. The summed E-state index contributed by atoms with van der Waals surface area (Å²) >= 11 is 5.22. The van der Waals surface area contributed by atoms with Gasteiger partial charge in [0.2, 0.25) is 0 Å². The molecule has 21 heavy (non-hydrogen) atoms. The maximum Gasteiger partial charge on any atom is 0.280 e. The number of rotatable bonds is 0. The summed E-state index contributed by atoms with van der Waals surface area (Å²) in [6.45, 7) is 0. The molecule has 0 fully saturated rings. The van der Waals surface area contributed by atoms with Crippen LogP contribution in [0.25, 0.3) is 22.3 Å². The Balaban J connectivity index is 2.16. The molecule has 0 aliphatic carbocycles. The van der Waals surface area contributed by atoms with E-state index in [2.05, 4.69) is 15.7 Å². The maximum atomic E-state index is 12.7. The lowest BCUT2D eigenvalue weighted by Gasteiger charge is -2.11. The quantitative estimate of drug-likeness (QED) is 0.623. The third-order valence-corrected chi connectivity index (χ3v) is 3.60. The first-order chi connectivity index (χ1) is 10.2. The predicted molar refractivity (Wildman–Crippen MR) is 87.0 cm³/mol. The van der Waals surface area contributed by atoms with E-state index >= 15 is 0 Å². The van der Waals surface area contributed by atoms with Gasteiger partial charge in [0.1, 0.15) is 0 Å². The molecular weight excluding hydrogens is 284 g/mol. The molecule has 0 radical (unpaired) electrons. The molecule has 0 saturated heterocycles. The topological polar surface area (TPSA) is 59.0 Å². The lowest BCUT2D eigenvalue weighted by atomic mass is 10.1. The number of benzene rings is 2. The third kappa shape index (κ3) is 1.80. The van der Waals surface area contributed by atoms with Gasteiger partial charge in [-0.15, -0.1) is 0 Å². The summed E-state index contributed by atoms with van der Waals surface area (Å²) in [5, 5.41) is 3.98. The minimum atomic E-state index is -0.170. The van der Waals surface area contributed by atoms with Gasteiger partial charge in [0.05, 0.1) is 16.6 Å². The van der Waals surface area contributed by atoms with Crippen LogP contribution in [0.2, 0.25) is 0 Å². The molecule has 0 atom stereocenters. The van der Waals surface area contributed by atoms with Crippen LogP contribution in [0.5, 0.6) is 0 Å². The Labute approximate surface area is 125 Å². The summed E-state index contributed by atoms with van der Waals surface area (Å²) in [5.41, 5.74) is 5.04. The van der Waals surface area contributed by atoms with Crippen LogP contribution in [0, 0.1) is 0 Å². The van der Waals surface area contributed by atoms with Crippen LogP contribution >= 0.6 is 12.2 Å². The first-order valence-electron chi connectivity index (χ1n) is 6.43. The van der Waals surface area contributed by atoms with E-state index in [-0.39, 0.29) is 5.56 Å². The molecular formula is C15H10N4OS. The Morgan fingerprint density at radius 1 is 1.05 bits per heavy atom. The van der Waals surface area contributed by atoms with Gasteiger partial charge in [-0.25, -0.2) is 4.98 Å². The number of hydrogen-bond donors (Lipinski definition) is 2. The van der Waals surface area contributed by atoms with Crippen LogP contribution in [0.4, 0.5) is 5.69 Å². The number of anilines is 1. The Bertz CT molecular complexity index is 948. The van der Waals surface area contributed by atoms with Gasteiger partial charge in [-0.2, -0.15) is 4.68 Å². The number of hydrogen-bond acceptors (Lipinski definition) is 3. The highest BCUT2D eigenvalue weighted by Crippen LogP contribution is 2.28. The van der Waals surface area contributed by atoms with E-state index in [9.17, 15) is 4.79 Å². The molecule has 1 aliphatic heterocycles. The minimum absolute atomic E-state index is 0.170. The summed E-state index contributed by atoms with van der Waals surface area (Å²) in [5.74, 6) is 0.543. The van der Waals surface area contributed by atoms with E-state index in [0.29, 0.717) is 21.8 Å². The Morgan fingerprint density at radius 2 is 1.81 bits per heavy atom. The molecule has 0 spiro atoms. The molecule has 4 rings (SSSR count). The van der Waals surface area contributed by atoms with Crippen LogP contribution in [0.3, 0.4) is 0 Å². The van der Waals surface area contributed by atoms with E-state index in [1.54, 1.807) is 6.07 Å². The number of aromatic nitrogens is 2. The molecule has 2 N–H and O–H groups in total. The summed E-state index contributed by atoms with van der Waals surface area (Å²) in [4.78, 5) is 17.3. The van der Waals surface area contributed by atoms with Crippen molar-refractivity contribution in [3.8, 4) is 11.4 Å². The fraction of sp³-hybridized carbons (Fsp3) is 0. The molecule has 6 heteroatoms. The van der Waals surface area contributed by atoms with Crippen molar-refractivity contribution in [2.24, 2.45) is 0 Å². The number of nitrogens with zero attached hydrogens (tertiary/aromatic N) is 2. The Hall–Kier alpha value is -2.73. The molecule has 0 bridgehead atoms. The van der Waals surface area contributed by atoms with Crippen molar-refractivity contribution >= 4 is 33.9 Å². The average molecular weight is 294 g/mol. The molecule has 0 saturated carbocycles. The van der Waals surface area contributed by atoms with Crippen LogP contribution in [0.1, 0.15) is 0 Å². The monoisotopic (exact) mass is 294 g/mol. The molecule has 1 aliphatic rings. The number of thiocarbonyl (C=S) groups is 1. The fourth-order valence-corrected chi connectivity index (χ4v) is 2.66. The molecule has 2 aromatic carbocycles. The van der Waals surface area contributed by atoms with Crippen molar-refractivity contribution < 1.29 is 0 Å². The van der Waals surface area contributed by atoms with Crippen molar-refractivity contribution in [1.82, 2.24) is 9.66 Å². The van der Waals surface area contributed by atoms with Gasteiger partial charge in [-0.3, -0.25) is 10.2 Å². The van der Waals surface area contributed by atoms with Gasteiger partial charge in [0.15, 0.2) is 10.9 Å². The van der Waals surface area contributed by atoms with Crippen molar-refractivity contribution in [3.05, 3.63) is 58.9 Å². The van der Waals surface area contributed by atoms with Gasteiger partial charge >= 0.3 is 0 Å². The second kappa shape index (κ2) is 4.39. The van der Waals surface area contributed by atoms with Gasteiger partial charge in [0.25, 0.3) is 5.56 Å². The Morgan fingerprint density at radius 3 is 2.71 bits per heavy atom. The van der Waals surface area contributed by atoms with Crippen molar-refractivity contribution in [2.45, 2.75) is 0 Å². The first-order valence-corrected chi connectivity index (χ1v) is 6.84. The van der Waals surface area contributed by atoms with E-state index in [1.165, 1.54) is 4.68 Å². The highest BCUT2D eigenvalue weighted by atomic mass is 32.1. The lowest BCUT2D eigenvalue weighted by molar-refractivity contribution is 0.915. The molecule has 0 unspecified atom stereocenters. The number of para-hydroxylation sites is 2. The largest absolute Gasteiger partial charge is 0.331 e. The zero-order chi connectivity index (χ0) is 14.4. The lowest BCUT2D eigenvalue weighted by Crippen LogP contribution is -2.35. The Kier molecular flexibility index (Phi) is 2.52. The van der Waals surface area contributed by atoms with Gasteiger partial charge in [-0.1, -0.05) is 24.3 Å². The summed E-state index contributed by atoms with van der Waals surface area (Å²) in [7, 11) is 0. The second-order valence-electron chi connectivity index (χ2n) is 4.70. The van der Waals surface area contributed by atoms with E-state index in [0.717, 1.165) is 11.3 Å². The SMILES string of the molecule is O=c1c2ccccc2nc2n1NC(=S)Nc1ccccc1-2. The molecule has 3 aromatic rings. The van der Waals surface area contributed by atoms with Gasteiger partial charge in [0, 0.05) is 5.56 Å². The van der Waals surface area contributed by atoms with Crippen LogP contribution in [-0.4, -0.2) is 14.8 Å². The smallest absolute Gasteiger partial charge is 0.280 e. The highest BCUT2D eigenvalue weighted by Gasteiger charge is 2.19. The molecule has 1 aromatic heterocycles. The number of fused-ring (bicyclic) bond motifs is 4. The third-order valence-electron chi connectivity index (χ3n) is 3.41. The summed E-state index contributed by atoms with van der Waals surface area (Å²) in [6, 6.07) is 14.9. The molecule has 5 nitrogen and oxygen atoms in total. The molecule has 2 heterocycles. The first kappa shape index (κ1) is 12.0. The van der Waals surface area contributed by atoms with Crippen molar-refractivity contribution in [2.75, 3.05) is 10.7 Å². The van der Waals surface area contributed by atoms with E-state index in [4.69, 9.17) is 12.2 Å². The molecule has 0 amide bonds. The van der Waals surface area contributed by atoms with Gasteiger partial charge in [-0.05, 0) is 36.5 Å². The van der Waals surface area contributed by atoms with Crippen LogP contribution < -0.4 is 16.3 Å². The second-order valence-corrected chi connectivity index (χ2v) is 5.11. The number of nitrogens with one attached hydrogen (secondary N) is 2. The standard InChI is InChI=1S/C15H10N4OS/c20-14-10-6-2-4-8-12(10)16-13-9-5-1-3-7-11(9)17-15(21)18-19(13)14/h1-8H,(H2,17,18,21). The average Bonchev–Trinajstić information content (AvgIpc) is 2.64.